The molecule has 1 aliphatic heterocycles. The summed E-state index contributed by atoms with van der Waals surface area (Å²) in [6.07, 6.45) is 1.37. The summed E-state index contributed by atoms with van der Waals surface area (Å²) < 4.78 is 26.6. The van der Waals surface area contributed by atoms with E-state index in [0.717, 1.165) is 29.5 Å². The number of fused-ring (bicyclic) bond motifs is 1. The number of nitro benzene ring substituents is 1. The van der Waals surface area contributed by atoms with Crippen LogP contribution in [0, 0.1) is 21.7 Å². The largest absolute Gasteiger partial charge is 0.311 e. The smallest absolute Gasteiger partial charge is 0.269 e. The van der Waals surface area contributed by atoms with E-state index in [4.69, 9.17) is 0 Å². The maximum Gasteiger partial charge on any atom is 0.269 e. The molecule has 3 rings (SSSR count). The second-order valence-electron chi connectivity index (χ2n) is 5.58. The topological polar surface area (TPSA) is 63.5 Å². The first kappa shape index (κ1) is 17.3. The zero-order valence-corrected chi connectivity index (χ0v) is 13.9. The van der Waals surface area contributed by atoms with E-state index in [0.29, 0.717) is 25.1 Å². The number of nitrogens with zero attached hydrogens (tertiary/aromatic N) is 2. The molecule has 1 aliphatic rings. The molecule has 2 aromatic carbocycles. The molecule has 0 radical (unpaired) electrons. The minimum atomic E-state index is -0.701. The fraction of sp³-hybridized carbons (Fsp3) is 0.235. The van der Waals surface area contributed by atoms with Crippen LogP contribution in [-0.4, -0.2) is 23.1 Å². The Labute approximate surface area is 146 Å². The normalized spacial score (nSPS) is 13.4. The summed E-state index contributed by atoms with van der Waals surface area (Å²) in [5.41, 5.74) is 1.41. The van der Waals surface area contributed by atoms with Crippen molar-refractivity contribution in [3.8, 4) is 0 Å². The average Bonchev–Trinajstić information content (AvgIpc) is 2.59. The highest BCUT2D eigenvalue weighted by Crippen LogP contribution is 2.31. The standard InChI is InChI=1S/C17H14F2N2O3S/c18-12-3-6-16(14(19)9-12)25-10-17(22)20-7-1-2-11-8-13(21(23)24)4-5-15(11)20/h3-6,8-9H,1-2,7,10H2. The lowest BCUT2D eigenvalue weighted by molar-refractivity contribution is -0.384. The van der Waals surface area contributed by atoms with Gasteiger partial charge in [-0.2, -0.15) is 0 Å². The van der Waals surface area contributed by atoms with Crippen molar-refractivity contribution in [3.05, 3.63) is 63.7 Å². The number of rotatable bonds is 4. The SMILES string of the molecule is O=C(CSc1ccc(F)cc1F)N1CCCc2cc([N+](=O)[O-])ccc21. The molecule has 25 heavy (non-hydrogen) atoms. The number of nitro groups is 1. The Morgan fingerprint density at radius 3 is 2.76 bits per heavy atom. The highest BCUT2D eigenvalue weighted by Gasteiger charge is 2.24. The molecule has 0 fully saturated rings. The average molecular weight is 364 g/mol. The molecule has 130 valence electrons. The number of hydrogen-bond acceptors (Lipinski definition) is 4. The van der Waals surface area contributed by atoms with Gasteiger partial charge >= 0.3 is 0 Å². The molecule has 0 bridgehead atoms. The molecule has 0 atom stereocenters. The van der Waals surface area contributed by atoms with E-state index in [2.05, 4.69) is 0 Å². The molecule has 0 saturated heterocycles. The summed E-state index contributed by atoms with van der Waals surface area (Å²) in [5, 5.41) is 10.9. The first-order valence-corrected chi connectivity index (χ1v) is 8.60. The van der Waals surface area contributed by atoms with Crippen LogP contribution in [0.4, 0.5) is 20.2 Å². The Hall–Kier alpha value is -2.48. The molecule has 0 spiro atoms. The minimum Gasteiger partial charge on any atom is -0.311 e. The second-order valence-corrected chi connectivity index (χ2v) is 6.60. The van der Waals surface area contributed by atoms with E-state index in [9.17, 15) is 23.7 Å². The number of carbonyl (C=O) groups excluding carboxylic acids is 1. The number of aryl methyl sites for hydroxylation is 1. The molecule has 5 nitrogen and oxygen atoms in total. The van der Waals surface area contributed by atoms with Crippen molar-refractivity contribution in [2.45, 2.75) is 17.7 Å². The summed E-state index contributed by atoms with van der Waals surface area (Å²) in [6.45, 7) is 0.510. The zero-order chi connectivity index (χ0) is 18.0. The predicted octanol–water partition coefficient (Wildman–Crippen LogP) is 3.94. The highest BCUT2D eigenvalue weighted by atomic mass is 32.2. The van der Waals surface area contributed by atoms with E-state index in [-0.39, 0.29) is 22.2 Å². The fourth-order valence-electron chi connectivity index (χ4n) is 2.77. The summed E-state index contributed by atoms with van der Waals surface area (Å²) in [6, 6.07) is 7.66. The van der Waals surface area contributed by atoms with Crippen LogP contribution in [-0.2, 0) is 11.2 Å². The van der Waals surface area contributed by atoms with Gasteiger partial charge in [0.05, 0.1) is 10.7 Å². The number of thioether (sulfide) groups is 1. The Morgan fingerprint density at radius 2 is 2.04 bits per heavy atom. The molecule has 0 N–H and O–H groups in total. The Balaban J connectivity index is 1.74. The van der Waals surface area contributed by atoms with Gasteiger partial charge in [-0.3, -0.25) is 14.9 Å². The van der Waals surface area contributed by atoms with E-state index in [1.54, 1.807) is 11.0 Å². The van der Waals surface area contributed by atoms with Gasteiger partial charge in [0.25, 0.3) is 5.69 Å². The van der Waals surface area contributed by atoms with Crippen LogP contribution in [0.3, 0.4) is 0 Å². The number of hydrogen-bond donors (Lipinski definition) is 0. The summed E-state index contributed by atoms with van der Waals surface area (Å²) in [5.74, 6) is -1.59. The number of halogens is 2. The first-order valence-electron chi connectivity index (χ1n) is 7.61. The zero-order valence-electron chi connectivity index (χ0n) is 13.1. The Kier molecular flexibility index (Phi) is 4.98. The van der Waals surface area contributed by atoms with Gasteiger partial charge in [0.15, 0.2) is 0 Å². The van der Waals surface area contributed by atoms with E-state index in [1.165, 1.54) is 18.2 Å². The van der Waals surface area contributed by atoms with Crippen molar-refractivity contribution in [1.29, 1.82) is 0 Å². The fourth-order valence-corrected chi connectivity index (χ4v) is 3.56. The van der Waals surface area contributed by atoms with Crippen molar-refractivity contribution in [2.24, 2.45) is 0 Å². The van der Waals surface area contributed by atoms with Gasteiger partial charge in [-0.25, -0.2) is 8.78 Å². The third-order valence-electron chi connectivity index (χ3n) is 3.94. The van der Waals surface area contributed by atoms with Crippen molar-refractivity contribution >= 4 is 29.0 Å². The van der Waals surface area contributed by atoms with Crippen LogP contribution in [0.1, 0.15) is 12.0 Å². The minimum absolute atomic E-state index is 0.00101. The third kappa shape index (κ3) is 3.79. The number of anilines is 1. The molecule has 1 amide bonds. The lowest BCUT2D eigenvalue weighted by Crippen LogP contribution is -2.36. The lowest BCUT2D eigenvalue weighted by atomic mass is 10.0. The van der Waals surface area contributed by atoms with Gasteiger partial charge < -0.3 is 4.90 Å². The van der Waals surface area contributed by atoms with Crippen molar-refractivity contribution in [1.82, 2.24) is 0 Å². The van der Waals surface area contributed by atoms with Crippen LogP contribution in [0.25, 0.3) is 0 Å². The Morgan fingerprint density at radius 1 is 1.24 bits per heavy atom. The van der Waals surface area contributed by atoms with Crippen LogP contribution >= 0.6 is 11.8 Å². The van der Waals surface area contributed by atoms with Crippen molar-refractivity contribution < 1.29 is 18.5 Å². The lowest BCUT2D eigenvalue weighted by Gasteiger charge is -2.29. The van der Waals surface area contributed by atoms with Crippen molar-refractivity contribution in [3.63, 3.8) is 0 Å². The van der Waals surface area contributed by atoms with Gasteiger partial charge in [0.1, 0.15) is 11.6 Å². The summed E-state index contributed by atoms with van der Waals surface area (Å²) in [7, 11) is 0. The van der Waals surface area contributed by atoms with Crippen LogP contribution in [0.5, 0.6) is 0 Å². The highest BCUT2D eigenvalue weighted by molar-refractivity contribution is 8.00. The summed E-state index contributed by atoms with van der Waals surface area (Å²) >= 11 is 0.999. The molecular formula is C17H14F2N2O3S. The quantitative estimate of drug-likeness (QED) is 0.468. The molecule has 8 heteroatoms. The predicted molar refractivity (Wildman–Crippen MR) is 90.9 cm³/mol. The van der Waals surface area contributed by atoms with Gasteiger partial charge in [-0.15, -0.1) is 11.8 Å². The second kappa shape index (κ2) is 7.18. The number of non-ortho nitro benzene ring substituents is 1. The van der Waals surface area contributed by atoms with Crippen LogP contribution in [0.2, 0.25) is 0 Å². The molecule has 2 aromatic rings. The molecular weight excluding hydrogens is 350 g/mol. The third-order valence-corrected chi connectivity index (χ3v) is 4.97. The van der Waals surface area contributed by atoms with Gasteiger partial charge in [-0.05, 0) is 36.6 Å². The van der Waals surface area contributed by atoms with Crippen LogP contribution in [0.15, 0.2) is 41.3 Å². The van der Waals surface area contributed by atoms with Crippen LogP contribution < -0.4 is 4.90 Å². The van der Waals surface area contributed by atoms with Crippen molar-refractivity contribution in [2.75, 3.05) is 17.2 Å². The molecule has 0 saturated carbocycles. The Bertz CT molecular complexity index is 845. The molecule has 1 heterocycles. The number of benzene rings is 2. The monoisotopic (exact) mass is 364 g/mol. The maximum absolute atomic E-state index is 13.7. The number of carbonyl (C=O) groups is 1. The van der Waals surface area contributed by atoms with Gasteiger partial charge in [0, 0.05) is 35.3 Å². The van der Waals surface area contributed by atoms with E-state index >= 15 is 0 Å². The first-order chi connectivity index (χ1) is 12.0. The maximum atomic E-state index is 13.7. The summed E-state index contributed by atoms with van der Waals surface area (Å²) in [4.78, 5) is 24.7. The van der Waals surface area contributed by atoms with E-state index < -0.39 is 16.6 Å². The molecule has 0 aliphatic carbocycles. The molecule has 0 unspecified atom stereocenters. The van der Waals surface area contributed by atoms with Gasteiger partial charge in [0.2, 0.25) is 5.91 Å². The molecule has 0 aromatic heterocycles. The van der Waals surface area contributed by atoms with Gasteiger partial charge in [-0.1, -0.05) is 0 Å². The van der Waals surface area contributed by atoms with E-state index in [1.807, 2.05) is 0 Å². The number of amides is 1.